The smallest absolute Gasteiger partial charge is 0.422 e. The van der Waals surface area contributed by atoms with Gasteiger partial charge < -0.3 is 19.5 Å². The minimum absolute atomic E-state index is 0.154. The number of piperazine rings is 1. The minimum Gasteiger partial charge on any atom is -0.468 e. The Morgan fingerprint density at radius 2 is 1.97 bits per heavy atom. The van der Waals surface area contributed by atoms with Crippen LogP contribution in [-0.4, -0.2) is 77.3 Å². The number of anilines is 1. The number of halogens is 3. The largest absolute Gasteiger partial charge is 0.468 e. The molecule has 0 atom stereocenters. The van der Waals surface area contributed by atoms with E-state index in [1.54, 1.807) is 17.9 Å². The number of aryl methyl sites for hydroxylation is 1. The van der Waals surface area contributed by atoms with Crippen molar-refractivity contribution in [1.29, 1.82) is 0 Å². The zero-order valence-corrected chi connectivity index (χ0v) is 16.1. The summed E-state index contributed by atoms with van der Waals surface area (Å²) in [5.41, 5.74) is 0.252. The predicted octanol–water partition coefficient (Wildman–Crippen LogP) is 1.72. The Bertz CT molecular complexity index is 877. The van der Waals surface area contributed by atoms with Crippen LogP contribution in [-0.2, 0) is 4.79 Å². The summed E-state index contributed by atoms with van der Waals surface area (Å²) in [4.78, 5) is 31.9. The number of carbonyl (C=O) groups excluding carboxylic acids is 2. The molecular formula is C18H20F3N5O4. The highest BCUT2D eigenvalue weighted by Gasteiger charge is 2.29. The zero-order valence-electron chi connectivity index (χ0n) is 16.1. The van der Waals surface area contributed by atoms with Gasteiger partial charge in [0.1, 0.15) is 5.76 Å². The summed E-state index contributed by atoms with van der Waals surface area (Å²) in [5.74, 6) is 0.212. The Labute approximate surface area is 169 Å². The van der Waals surface area contributed by atoms with Gasteiger partial charge in [0, 0.05) is 44.5 Å². The molecule has 2 amide bonds. The molecule has 3 rings (SSSR count). The SMILES string of the molecule is Cc1cc(NC(=O)CN2CCN(C(=O)c3ccc(OCC(F)(F)F)nc3)CC2)no1. The molecule has 30 heavy (non-hydrogen) atoms. The lowest BCUT2D eigenvalue weighted by atomic mass is 10.2. The topological polar surface area (TPSA) is 101 Å². The number of pyridine rings is 1. The number of rotatable bonds is 6. The lowest BCUT2D eigenvalue weighted by Crippen LogP contribution is -2.50. The van der Waals surface area contributed by atoms with E-state index in [4.69, 9.17) is 4.52 Å². The maximum atomic E-state index is 12.5. The van der Waals surface area contributed by atoms with Gasteiger partial charge in [-0.1, -0.05) is 5.16 Å². The molecule has 0 unspecified atom stereocenters. The van der Waals surface area contributed by atoms with Crippen LogP contribution in [0.2, 0.25) is 0 Å². The molecule has 12 heteroatoms. The van der Waals surface area contributed by atoms with E-state index in [1.807, 2.05) is 4.90 Å². The maximum Gasteiger partial charge on any atom is 0.422 e. The molecule has 1 saturated heterocycles. The number of carbonyl (C=O) groups is 2. The van der Waals surface area contributed by atoms with Crippen molar-refractivity contribution < 1.29 is 32.0 Å². The Morgan fingerprint density at radius 1 is 1.23 bits per heavy atom. The van der Waals surface area contributed by atoms with Gasteiger partial charge in [0.05, 0.1) is 12.1 Å². The van der Waals surface area contributed by atoms with Crippen molar-refractivity contribution in [2.24, 2.45) is 0 Å². The molecule has 1 fully saturated rings. The first-order chi connectivity index (χ1) is 14.2. The van der Waals surface area contributed by atoms with E-state index in [0.717, 1.165) is 0 Å². The average Bonchev–Trinajstić information content (AvgIpc) is 3.10. The summed E-state index contributed by atoms with van der Waals surface area (Å²) < 4.78 is 45.9. The van der Waals surface area contributed by atoms with Gasteiger partial charge in [-0.2, -0.15) is 13.2 Å². The summed E-state index contributed by atoms with van der Waals surface area (Å²) in [6.45, 7) is 2.23. The van der Waals surface area contributed by atoms with E-state index in [1.165, 1.54) is 18.3 Å². The fourth-order valence-electron chi connectivity index (χ4n) is 2.85. The second-order valence-electron chi connectivity index (χ2n) is 6.73. The molecule has 0 saturated carbocycles. The van der Waals surface area contributed by atoms with E-state index in [0.29, 0.717) is 37.8 Å². The van der Waals surface area contributed by atoms with Crippen molar-refractivity contribution in [3.8, 4) is 5.88 Å². The van der Waals surface area contributed by atoms with E-state index in [2.05, 4.69) is 20.2 Å². The molecule has 1 aliphatic heterocycles. The van der Waals surface area contributed by atoms with Crippen LogP contribution in [0.4, 0.5) is 19.0 Å². The van der Waals surface area contributed by atoms with Gasteiger partial charge in [-0.15, -0.1) is 0 Å². The standard InChI is InChI=1S/C18H20F3N5O4/c1-12-8-14(24-30-12)23-15(27)10-25-4-6-26(7-5-25)17(28)13-2-3-16(22-9-13)29-11-18(19,20)21/h2-3,8-9H,4-7,10-11H2,1H3,(H,23,24,27). The highest BCUT2D eigenvalue weighted by atomic mass is 19.4. The van der Waals surface area contributed by atoms with Gasteiger partial charge in [0.15, 0.2) is 12.4 Å². The Kier molecular flexibility index (Phi) is 6.55. The van der Waals surface area contributed by atoms with Crippen LogP contribution in [0.3, 0.4) is 0 Å². The van der Waals surface area contributed by atoms with Crippen molar-refractivity contribution in [1.82, 2.24) is 19.9 Å². The zero-order chi connectivity index (χ0) is 21.7. The molecule has 3 heterocycles. The first kappa shape index (κ1) is 21.6. The molecule has 0 bridgehead atoms. The van der Waals surface area contributed by atoms with Gasteiger partial charge >= 0.3 is 6.18 Å². The number of nitrogens with zero attached hydrogens (tertiary/aromatic N) is 4. The lowest BCUT2D eigenvalue weighted by molar-refractivity contribution is -0.154. The normalized spacial score (nSPS) is 15.1. The Balaban J connectivity index is 1.45. The molecule has 162 valence electrons. The second kappa shape index (κ2) is 9.11. The number of aromatic nitrogens is 2. The maximum absolute atomic E-state index is 12.5. The molecule has 0 aliphatic carbocycles. The van der Waals surface area contributed by atoms with Crippen LogP contribution < -0.4 is 10.1 Å². The van der Waals surface area contributed by atoms with Gasteiger partial charge in [0.2, 0.25) is 11.8 Å². The van der Waals surface area contributed by atoms with Crippen molar-refractivity contribution >= 4 is 17.6 Å². The molecular weight excluding hydrogens is 407 g/mol. The average molecular weight is 427 g/mol. The lowest BCUT2D eigenvalue weighted by Gasteiger charge is -2.34. The van der Waals surface area contributed by atoms with E-state index >= 15 is 0 Å². The summed E-state index contributed by atoms with van der Waals surface area (Å²) in [6, 6.07) is 4.22. The number of hydrogen-bond donors (Lipinski definition) is 1. The van der Waals surface area contributed by atoms with Crippen molar-refractivity contribution in [2.45, 2.75) is 13.1 Å². The third-order valence-electron chi connectivity index (χ3n) is 4.29. The first-order valence-corrected chi connectivity index (χ1v) is 9.10. The van der Waals surface area contributed by atoms with Crippen LogP contribution in [0.25, 0.3) is 0 Å². The van der Waals surface area contributed by atoms with Crippen molar-refractivity contribution in [3.05, 3.63) is 35.7 Å². The summed E-state index contributed by atoms with van der Waals surface area (Å²) >= 11 is 0. The van der Waals surface area contributed by atoms with Gasteiger partial charge in [-0.25, -0.2) is 4.98 Å². The van der Waals surface area contributed by atoms with Crippen molar-refractivity contribution in [3.63, 3.8) is 0 Å². The number of alkyl halides is 3. The molecule has 1 N–H and O–H groups in total. The van der Waals surface area contributed by atoms with E-state index in [9.17, 15) is 22.8 Å². The molecule has 9 nitrogen and oxygen atoms in total. The quantitative estimate of drug-likeness (QED) is 0.749. The molecule has 1 aliphatic rings. The van der Waals surface area contributed by atoms with Gasteiger partial charge in [-0.3, -0.25) is 14.5 Å². The summed E-state index contributed by atoms with van der Waals surface area (Å²) in [6.07, 6.45) is -3.27. The molecule has 2 aromatic heterocycles. The van der Waals surface area contributed by atoms with E-state index < -0.39 is 12.8 Å². The minimum atomic E-state index is -4.46. The van der Waals surface area contributed by atoms with Crippen LogP contribution in [0.15, 0.2) is 28.9 Å². The van der Waals surface area contributed by atoms with Crippen molar-refractivity contribution in [2.75, 3.05) is 44.6 Å². The Hall–Kier alpha value is -3.15. The highest BCUT2D eigenvalue weighted by Crippen LogP contribution is 2.17. The monoisotopic (exact) mass is 427 g/mol. The number of nitrogens with one attached hydrogen (secondary N) is 1. The second-order valence-corrected chi connectivity index (χ2v) is 6.73. The predicted molar refractivity (Wildman–Crippen MR) is 98.0 cm³/mol. The molecule has 0 aromatic carbocycles. The third kappa shape index (κ3) is 6.17. The third-order valence-corrected chi connectivity index (χ3v) is 4.29. The van der Waals surface area contributed by atoms with Crippen LogP contribution >= 0.6 is 0 Å². The van der Waals surface area contributed by atoms with Crippen LogP contribution in [0, 0.1) is 6.92 Å². The molecule has 0 radical (unpaired) electrons. The number of hydrogen-bond acceptors (Lipinski definition) is 7. The number of ether oxygens (including phenoxy) is 1. The fourth-order valence-corrected chi connectivity index (χ4v) is 2.85. The molecule has 2 aromatic rings. The van der Waals surface area contributed by atoms with E-state index in [-0.39, 0.29) is 29.8 Å². The van der Waals surface area contributed by atoms with Gasteiger partial charge in [-0.05, 0) is 13.0 Å². The number of amides is 2. The van der Waals surface area contributed by atoms with Crippen LogP contribution in [0.1, 0.15) is 16.1 Å². The first-order valence-electron chi connectivity index (χ1n) is 9.10. The van der Waals surface area contributed by atoms with Gasteiger partial charge in [0.25, 0.3) is 5.91 Å². The van der Waals surface area contributed by atoms with Crippen LogP contribution in [0.5, 0.6) is 5.88 Å². The Morgan fingerprint density at radius 3 is 2.53 bits per heavy atom. The molecule has 0 spiro atoms. The summed E-state index contributed by atoms with van der Waals surface area (Å²) in [7, 11) is 0. The fraction of sp³-hybridized carbons (Fsp3) is 0.444. The highest BCUT2D eigenvalue weighted by molar-refractivity contribution is 5.94. The summed E-state index contributed by atoms with van der Waals surface area (Å²) in [5, 5.41) is 6.34.